The molecule has 0 aliphatic rings. The van der Waals surface area contributed by atoms with Gasteiger partial charge in [0.15, 0.2) is 0 Å². The monoisotopic (exact) mass is 320 g/mol. The van der Waals surface area contributed by atoms with Crippen LogP contribution in [0.2, 0.25) is 0 Å². The molecule has 5 nitrogen and oxygen atoms in total. The van der Waals surface area contributed by atoms with Gasteiger partial charge >= 0.3 is 7.12 Å². The van der Waals surface area contributed by atoms with E-state index < -0.39 is 18.3 Å². The lowest BCUT2D eigenvalue weighted by molar-refractivity contribution is -0.0982. The van der Waals surface area contributed by atoms with Crippen LogP contribution in [-0.4, -0.2) is 38.2 Å². The molecular weight excluding hydrogens is 298 g/mol. The van der Waals surface area contributed by atoms with Crippen molar-refractivity contribution < 1.29 is 19.2 Å². The normalized spacial score (nSPS) is 12.5. The molecule has 1 aromatic heterocycles. The van der Waals surface area contributed by atoms with Gasteiger partial charge in [0.2, 0.25) is 0 Å². The SMILES string of the molecule is Cn1cc(B(O)OC(C)(C)C(C)(C)O)c(-c2ccc(F)cc2)n1. The molecule has 1 aromatic carbocycles. The number of halogens is 1. The van der Waals surface area contributed by atoms with Crippen LogP contribution in [0.25, 0.3) is 11.3 Å². The lowest BCUT2D eigenvalue weighted by atomic mass is 9.75. The molecule has 0 spiro atoms. The van der Waals surface area contributed by atoms with Crippen LogP contribution in [0.3, 0.4) is 0 Å². The zero-order valence-electron chi connectivity index (χ0n) is 14.0. The molecule has 0 saturated carbocycles. The third-order valence-electron chi connectivity index (χ3n) is 4.12. The van der Waals surface area contributed by atoms with E-state index in [1.54, 1.807) is 57.8 Å². The number of benzene rings is 1. The average Bonchev–Trinajstić information content (AvgIpc) is 2.80. The van der Waals surface area contributed by atoms with Gasteiger partial charge in [0.05, 0.1) is 16.9 Å². The summed E-state index contributed by atoms with van der Waals surface area (Å²) in [5.41, 5.74) is -0.497. The zero-order valence-corrected chi connectivity index (χ0v) is 14.0. The van der Waals surface area contributed by atoms with Gasteiger partial charge in [-0.05, 0) is 52.0 Å². The van der Waals surface area contributed by atoms with E-state index in [1.807, 2.05) is 0 Å². The van der Waals surface area contributed by atoms with Gasteiger partial charge in [-0.25, -0.2) is 4.39 Å². The lowest BCUT2D eigenvalue weighted by Gasteiger charge is -2.38. The van der Waals surface area contributed by atoms with E-state index in [0.717, 1.165) is 0 Å². The molecule has 0 atom stereocenters. The van der Waals surface area contributed by atoms with E-state index in [2.05, 4.69) is 5.10 Å². The Morgan fingerprint density at radius 2 is 1.74 bits per heavy atom. The zero-order chi connectivity index (χ0) is 17.4. The number of nitrogens with zero attached hydrogens (tertiary/aromatic N) is 2. The van der Waals surface area contributed by atoms with Gasteiger partial charge in [0, 0.05) is 24.3 Å². The molecule has 2 rings (SSSR count). The molecule has 124 valence electrons. The van der Waals surface area contributed by atoms with Crippen LogP contribution in [0.4, 0.5) is 4.39 Å². The Balaban J connectivity index is 2.35. The molecule has 0 aliphatic carbocycles. The first-order chi connectivity index (χ1) is 10.5. The summed E-state index contributed by atoms with van der Waals surface area (Å²) in [6.45, 7) is 6.63. The van der Waals surface area contributed by atoms with Crippen molar-refractivity contribution in [2.24, 2.45) is 7.05 Å². The number of aliphatic hydroxyl groups is 1. The van der Waals surface area contributed by atoms with Gasteiger partial charge < -0.3 is 14.8 Å². The minimum atomic E-state index is -1.27. The second kappa shape index (κ2) is 6.07. The molecule has 7 heteroatoms. The fraction of sp³-hybridized carbons (Fsp3) is 0.438. The molecule has 0 radical (unpaired) electrons. The Hall–Kier alpha value is -1.70. The van der Waals surface area contributed by atoms with Crippen LogP contribution < -0.4 is 5.46 Å². The van der Waals surface area contributed by atoms with Crippen LogP contribution in [0.5, 0.6) is 0 Å². The standard InChI is InChI=1S/C16H22BFN2O3/c1-15(2,21)16(3,4)23-17(22)13-10-20(5)19-14(13)11-6-8-12(18)9-7-11/h6-10,21-22H,1-5H3. The Kier molecular flexibility index (Phi) is 4.66. The van der Waals surface area contributed by atoms with Gasteiger partial charge in [-0.1, -0.05) is 0 Å². The minimum Gasteiger partial charge on any atom is -0.423 e. The molecule has 0 saturated heterocycles. The highest BCUT2D eigenvalue weighted by Crippen LogP contribution is 2.26. The summed E-state index contributed by atoms with van der Waals surface area (Å²) in [6, 6.07) is 5.85. The third kappa shape index (κ3) is 3.80. The fourth-order valence-electron chi connectivity index (χ4n) is 2.01. The summed E-state index contributed by atoms with van der Waals surface area (Å²) < 4.78 is 20.3. The molecule has 0 unspecified atom stereocenters. The van der Waals surface area contributed by atoms with Crippen LogP contribution in [0, 0.1) is 5.82 Å². The predicted octanol–water partition coefficient (Wildman–Crippen LogP) is 1.48. The van der Waals surface area contributed by atoms with Crippen LogP contribution in [0.15, 0.2) is 30.5 Å². The molecule has 2 aromatic rings. The molecule has 0 bridgehead atoms. The maximum Gasteiger partial charge on any atom is 0.495 e. The molecule has 0 amide bonds. The van der Waals surface area contributed by atoms with E-state index in [1.165, 1.54) is 12.1 Å². The summed E-state index contributed by atoms with van der Waals surface area (Å²) in [4.78, 5) is 0. The van der Waals surface area contributed by atoms with Crippen LogP contribution >= 0.6 is 0 Å². The minimum absolute atomic E-state index is 0.341. The summed E-state index contributed by atoms with van der Waals surface area (Å²) in [5, 5.41) is 24.9. The Morgan fingerprint density at radius 1 is 1.17 bits per heavy atom. The van der Waals surface area contributed by atoms with Gasteiger partial charge in [-0.15, -0.1) is 0 Å². The second-order valence-corrected chi connectivity index (χ2v) is 6.65. The van der Waals surface area contributed by atoms with Crippen molar-refractivity contribution in [2.45, 2.75) is 38.9 Å². The molecule has 0 aliphatic heterocycles. The average molecular weight is 320 g/mol. The summed E-state index contributed by atoms with van der Waals surface area (Å²) >= 11 is 0. The Morgan fingerprint density at radius 3 is 2.26 bits per heavy atom. The summed E-state index contributed by atoms with van der Waals surface area (Å²) in [6.07, 6.45) is 1.64. The summed E-state index contributed by atoms with van der Waals surface area (Å²) in [7, 11) is 0.454. The van der Waals surface area contributed by atoms with Crippen molar-refractivity contribution in [1.82, 2.24) is 9.78 Å². The maximum atomic E-state index is 13.1. The van der Waals surface area contributed by atoms with Gasteiger partial charge in [-0.3, -0.25) is 4.68 Å². The fourth-order valence-corrected chi connectivity index (χ4v) is 2.01. The van der Waals surface area contributed by atoms with E-state index >= 15 is 0 Å². The molecule has 1 heterocycles. The quantitative estimate of drug-likeness (QED) is 0.819. The topological polar surface area (TPSA) is 67.5 Å². The van der Waals surface area contributed by atoms with Crippen molar-refractivity contribution in [3.8, 4) is 11.3 Å². The number of hydrogen-bond donors (Lipinski definition) is 2. The highest BCUT2D eigenvalue weighted by Gasteiger charge is 2.40. The smallest absolute Gasteiger partial charge is 0.423 e. The molecule has 2 N–H and O–H groups in total. The second-order valence-electron chi connectivity index (χ2n) is 6.65. The third-order valence-corrected chi connectivity index (χ3v) is 4.12. The first-order valence-corrected chi connectivity index (χ1v) is 7.39. The van der Waals surface area contributed by atoms with E-state index in [9.17, 15) is 14.5 Å². The first kappa shape index (κ1) is 17.7. The Bertz CT molecular complexity index is 678. The van der Waals surface area contributed by atoms with E-state index in [0.29, 0.717) is 16.7 Å². The van der Waals surface area contributed by atoms with Gasteiger partial charge in [0.25, 0.3) is 0 Å². The van der Waals surface area contributed by atoms with Gasteiger partial charge in [-0.2, -0.15) is 5.10 Å². The van der Waals surface area contributed by atoms with Crippen molar-refractivity contribution >= 4 is 12.6 Å². The summed E-state index contributed by atoms with van der Waals surface area (Å²) in [5.74, 6) is -0.341. The van der Waals surface area contributed by atoms with Crippen molar-refractivity contribution in [1.29, 1.82) is 0 Å². The van der Waals surface area contributed by atoms with Crippen LogP contribution in [-0.2, 0) is 11.7 Å². The highest BCUT2D eigenvalue weighted by atomic mass is 19.1. The van der Waals surface area contributed by atoms with Crippen molar-refractivity contribution in [3.63, 3.8) is 0 Å². The number of rotatable bonds is 5. The highest BCUT2D eigenvalue weighted by molar-refractivity contribution is 6.61. The van der Waals surface area contributed by atoms with E-state index in [-0.39, 0.29) is 5.82 Å². The largest absolute Gasteiger partial charge is 0.495 e. The molecule has 23 heavy (non-hydrogen) atoms. The van der Waals surface area contributed by atoms with Crippen molar-refractivity contribution in [2.75, 3.05) is 0 Å². The lowest BCUT2D eigenvalue weighted by Crippen LogP contribution is -2.53. The maximum absolute atomic E-state index is 13.1. The van der Waals surface area contributed by atoms with E-state index in [4.69, 9.17) is 4.65 Å². The Labute approximate surface area is 135 Å². The van der Waals surface area contributed by atoms with Crippen molar-refractivity contribution in [3.05, 3.63) is 36.3 Å². The molecular formula is C16H22BFN2O3. The number of aromatic nitrogens is 2. The molecule has 0 fully saturated rings. The van der Waals surface area contributed by atoms with Gasteiger partial charge in [0.1, 0.15) is 5.82 Å². The van der Waals surface area contributed by atoms with Crippen LogP contribution in [0.1, 0.15) is 27.7 Å². The first-order valence-electron chi connectivity index (χ1n) is 7.39. The predicted molar refractivity (Wildman–Crippen MR) is 87.7 cm³/mol. The number of aryl methyl sites for hydroxylation is 1. The number of hydrogen-bond acceptors (Lipinski definition) is 4.